The Kier molecular flexibility index (Phi) is 26.3. The number of benzene rings is 1. The van der Waals surface area contributed by atoms with E-state index in [2.05, 4.69) is 73.0 Å². The Morgan fingerprint density at radius 2 is 1.47 bits per heavy atom. The molecule has 0 aliphatic heterocycles. The van der Waals surface area contributed by atoms with E-state index in [9.17, 15) is 39.5 Å². The second-order valence-corrected chi connectivity index (χ2v) is 24.3. The molecule has 0 bridgehead atoms. The second-order valence-electron chi connectivity index (χ2n) is 20.2. The zero-order chi connectivity index (χ0) is 54.6. The Morgan fingerprint density at radius 1 is 0.795 bits per heavy atom. The molecule has 7 atom stereocenters. The molecule has 0 radical (unpaired) electrons. The Morgan fingerprint density at radius 3 is 2.11 bits per heavy atom. The average molecular weight is 1120 g/mol. The van der Waals surface area contributed by atoms with Crippen LogP contribution in [-0.4, -0.2) is 150 Å². The molecule has 0 amide bonds. The number of hydrogen-bond donors (Lipinski definition) is 0. The minimum Gasteiger partial charge on any atom is -0.493 e. The molecule has 2 fully saturated rings. The summed E-state index contributed by atoms with van der Waals surface area (Å²) in [7, 11) is 4.38. The zero-order valence-corrected chi connectivity index (χ0v) is 46.1. The maximum Gasteiger partial charge on any atom is 0.435 e. The maximum absolute atomic E-state index is 13.2. The van der Waals surface area contributed by atoms with Crippen molar-refractivity contribution in [2.24, 2.45) is 23.2 Å². The van der Waals surface area contributed by atoms with Crippen LogP contribution in [0.25, 0.3) is 4.85 Å². The van der Waals surface area contributed by atoms with Crippen LogP contribution in [-0.2, 0) is 34.4 Å². The minimum atomic E-state index is -6.75. The van der Waals surface area contributed by atoms with Crippen LogP contribution in [0, 0.1) is 29.7 Å². The van der Waals surface area contributed by atoms with E-state index in [4.69, 9.17) is 35.9 Å². The summed E-state index contributed by atoms with van der Waals surface area (Å²) in [5.41, 5.74) is -3.97. The third-order valence-electron chi connectivity index (χ3n) is 14.2. The van der Waals surface area contributed by atoms with Gasteiger partial charge in [-0.15, -0.1) is 0 Å². The first-order valence-corrected chi connectivity index (χ1v) is 29.4. The minimum absolute atomic E-state index is 0.146. The SMILES string of the molecule is [2H]CC(CCCCN(C)CCOCCSSCCOCCCOc1ccc2c(c1)CC[C@@H]1[C@@H]2CC[C@]2(C)[C@@H](OCCCOC(C(F)(F)F)(C(F)(F)F)C(F)(F)F)CC[C@@H]12)COP(OCC[N+]#[C-])N(C(C)C)C(C)C. The van der Waals surface area contributed by atoms with E-state index < -0.39 is 45.7 Å². The third kappa shape index (κ3) is 18.7. The fourth-order valence-corrected chi connectivity index (χ4v) is 14.1. The van der Waals surface area contributed by atoms with E-state index in [0.717, 1.165) is 88.1 Å². The van der Waals surface area contributed by atoms with Crippen molar-refractivity contribution in [3.05, 3.63) is 40.7 Å². The number of unbranched alkanes of at least 4 members (excludes halogenated alkanes) is 1. The molecule has 73 heavy (non-hydrogen) atoms. The fourth-order valence-electron chi connectivity index (χ4n) is 10.7. The van der Waals surface area contributed by atoms with Crippen molar-refractivity contribution < 1.29 is 73.6 Å². The van der Waals surface area contributed by atoms with Crippen LogP contribution in [0.3, 0.4) is 0 Å². The van der Waals surface area contributed by atoms with Crippen LogP contribution in [0.2, 0.25) is 0 Å². The Hall–Kier alpha value is -1.31. The van der Waals surface area contributed by atoms with Gasteiger partial charge in [-0.05, 0) is 151 Å². The molecule has 1 aromatic rings. The molecule has 0 spiro atoms. The topological polar surface area (TPSA) is 75.5 Å². The van der Waals surface area contributed by atoms with Crippen molar-refractivity contribution in [1.29, 1.82) is 0 Å². The van der Waals surface area contributed by atoms with Crippen molar-refractivity contribution in [3.63, 3.8) is 0 Å². The van der Waals surface area contributed by atoms with Gasteiger partial charge in [0.15, 0.2) is 0 Å². The van der Waals surface area contributed by atoms with Gasteiger partial charge in [0.1, 0.15) is 12.4 Å². The lowest BCUT2D eigenvalue weighted by atomic mass is 9.55. The summed E-state index contributed by atoms with van der Waals surface area (Å²) in [5.74, 6) is 3.75. The number of nitrogens with zero attached hydrogens (tertiary/aromatic N) is 3. The quantitative estimate of drug-likeness (QED) is 0.0214. The Balaban J connectivity index is 1.01. The van der Waals surface area contributed by atoms with Crippen LogP contribution in [0.1, 0.15) is 124 Å². The molecule has 10 nitrogen and oxygen atoms in total. The molecule has 0 heterocycles. The highest BCUT2D eigenvalue weighted by Gasteiger charge is 2.85. The molecule has 22 heteroatoms. The standard InChI is InChI=1S/C51H81F9N3O7PS2/c1-37(2)63(38(3)4)71(69-29-22-61-7)70-36-39(5)13-9-10-23-62(8)24-30-65-32-34-73-72-33-31-64-25-11-26-66-41-15-17-42-40(35-41)14-16-44-43(42)20-21-47(6)45(44)18-19-46(47)67-27-12-28-68-48(49(52,53)54,50(55,56)57)51(58,59)60/h15,17,35,37-39,43-46H,9-14,16,18-34,36H2,1-6,8H3/t39?,43-,44-,45+,46+,47+,71?/m1/s1/i5D. The lowest BCUT2D eigenvalue weighted by Crippen LogP contribution is -2.67. The summed E-state index contributed by atoms with van der Waals surface area (Å²) < 4.78 is 169. The molecule has 3 aliphatic rings. The van der Waals surface area contributed by atoms with Crippen LogP contribution in [0.5, 0.6) is 5.75 Å². The van der Waals surface area contributed by atoms with Crippen molar-refractivity contribution in [2.75, 3.05) is 97.6 Å². The molecule has 0 N–H and O–H groups in total. The molecule has 1 aromatic carbocycles. The molecule has 2 unspecified atom stereocenters. The van der Waals surface area contributed by atoms with Crippen LogP contribution in [0.15, 0.2) is 18.2 Å². The van der Waals surface area contributed by atoms with E-state index >= 15 is 0 Å². The number of likely N-dealkylation sites (N-methyl/N-ethyl adjacent to an activating group) is 1. The van der Waals surface area contributed by atoms with Crippen molar-refractivity contribution in [1.82, 2.24) is 9.57 Å². The smallest absolute Gasteiger partial charge is 0.435 e. The normalized spacial score (nSPS) is 22.6. The highest BCUT2D eigenvalue weighted by Crippen LogP contribution is 2.62. The van der Waals surface area contributed by atoms with Gasteiger partial charge in [0, 0.05) is 51.1 Å². The fraction of sp³-hybridized carbons (Fsp3) is 0.863. The molecule has 3 aliphatic carbocycles. The van der Waals surface area contributed by atoms with E-state index in [1.54, 1.807) is 21.6 Å². The van der Waals surface area contributed by atoms with Crippen molar-refractivity contribution in [3.8, 4) is 5.75 Å². The van der Waals surface area contributed by atoms with Crippen molar-refractivity contribution >= 4 is 30.1 Å². The Labute approximate surface area is 439 Å². The first-order valence-electron chi connectivity index (χ1n) is 26.5. The van der Waals surface area contributed by atoms with Gasteiger partial charge in [-0.25, -0.2) is 11.2 Å². The molecule has 0 saturated heterocycles. The molecule has 2 saturated carbocycles. The second kappa shape index (κ2) is 30.7. The average Bonchev–Trinajstić information content (AvgIpc) is 3.66. The number of fused-ring (bicyclic) bond motifs is 5. The third-order valence-corrected chi connectivity index (χ3v) is 18.6. The predicted molar refractivity (Wildman–Crippen MR) is 272 cm³/mol. The highest BCUT2D eigenvalue weighted by molar-refractivity contribution is 8.76. The van der Waals surface area contributed by atoms with Gasteiger partial charge in [0.2, 0.25) is 6.54 Å². The van der Waals surface area contributed by atoms with E-state index in [0.29, 0.717) is 83.9 Å². The van der Waals surface area contributed by atoms with Gasteiger partial charge in [0.25, 0.3) is 8.53 Å². The molecule has 4 rings (SSSR count). The summed E-state index contributed by atoms with van der Waals surface area (Å²) >= 11 is 0. The number of aryl methyl sites for hydroxylation is 1. The largest absolute Gasteiger partial charge is 0.493 e. The highest BCUT2D eigenvalue weighted by atomic mass is 33.1. The van der Waals surface area contributed by atoms with Crippen molar-refractivity contribution in [2.45, 2.75) is 160 Å². The summed E-state index contributed by atoms with van der Waals surface area (Å²) in [6.45, 7) is 22.4. The summed E-state index contributed by atoms with van der Waals surface area (Å²) in [5, 5.41) is 0. The molecular weight excluding hydrogens is 1030 g/mol. The summed E-state index contributed by atoms with van der Waals surface area (Å²) in [6.07, 6.45) is -12.3. The van der Waals surface area contributed by atoms with Crippen LogP contribution >= 0.6 is 30.1 Å². The first-order chi connectivity index (χ1) is 35.0. The summed E-state index contributed by atoms with van der Waals surface area (Å²) in [4.78, 5) is 5.69. The van der Waals surface area contributed by atoms with Gasteiger partial charge in [-0.3, -0.25) is 0 Å². The van der Waals surface area contributed by atoms with E-state index in [1.807, 2.05) is 6.07 Å². The maximum atomic E-state index is 13.2. The number of hydrogen-bond acceptors (Lipinski definition) is 11. The number of alkyl halides is 9. The van der Waals surface area contributed by atoms with Gasteiger partial charge in [-0.1, -0.05) is 47.9 Å². The van der Waals surface area contributed by atoms with Gasteiger partial charge in [0.05, 0.1) is 45.7 Å². The monoisotopic (exact) mass is 1110 g/mol. The molecule has 422 valence electrons. The zero-order valence-electron chi connectivity index (χ0n) is 44.5. The lowest BCUT2D eigenvalue weighted by molar-refractivity contribution is -0.457. The number of rotatable bonds is 35. The Bertz CT molecular complexity index is 1760. The first kappa shape index (κ1) is 62.5. The summed E-state index contributed by atoms with van der Waals surface area (Å²) in [6, 6.07) is 6.80. The van der Waals surface area contributed by atoms with Gasteiger partial charge in [-0.2, -0.15) is 39.5 Å². The predicted octanol–water partition coefficient (Wildman–Crippen LogP) is 14.0. The van der Waals surface area contributed by atoms with Gasteiger partial charge < -0.3 is 42.5 Å². The van der Waals surface area contributed by atoms with E-state index in [-0.39, 0.29) is 36.1 Å². The van der Waals surface area contributed by atoms with E-state index in [1.165, 1.54) is 11.1 Å². The molecular formula is C51H81F9N3O7PS2. The number of ether oxygens (including phenoxy) is 5. The van der Waals surface area contributed by atoms with Crippen LogP contribution < -0.4 is 4.74 Å². The number of halogens is 9. The van der Waals surface area contributed by atoms with Gasteiger partial charge >= 0.3 is 24.1 Å². The lowest BCUT2D eigenvalue weighted by Gasteiger charge is -2.50. The molecule has 0 aromatic heterocycles. The van der Waals surface area contributed by atoms with Crippen LogP contribution in [0.4, 0.5) is 39.5 Å².